The molecule has 16 heavy (non-hydrogen) atoms. The summed E-state index contributed by atoms with van der Waals surface area (Å²) in [6, 6.07) is 0.249. The van der Waals surface area contributed by atoms with Crippen molar-refractivity contribution in [2.45, 2.75) is 36.2 Å². The van der Waals surface area contributed by atoms with Crippen LogP contribution in [0, 0.1) is 0 Å². The number of rotatable bonds is 4. The largest absolute Gasteiger partial charge is 0.468 e. The second-order valence-electron chi connectivity index (χ2n) is 3.70. The maximum atomic E-state index is 11.5. The number of carbonyl (C=O) groups is 1. The number of nitrogens with zero attached hydrogens (tertiary/aromatic N) is 2. The van der Waals surface area contributed by atoms with Crippen LogP contribution in [0.5, 0.6) is 0 Å². The molecule has 1 aromatic rings. The van der Waals surface area contributed by atoms with E-state index in [4.69, 9.17) is 0 Å². The fourth-order valence-electron chi connectivity index (χ4n) is 1.40. The van der Waals surface area contributed by atoms with E-state index in [1.165, 1.54) is 18.9 Å². The van der Waals surface area contributed by atoms with Gasteiger partial charge < -0.3 is 4.74 Å². The summed E-state index contributed by atoms with van der Waals surface area (Å²) in [5.41, 5.74) is -0.206. The summed E-state index contributed by atoms with van der Waals surface area (Å²) in [4.78, 5) is 22.7. The van der Waals surface area contributed by atoms with Gasteiger partial charge in [0.15, 0.2) is 5.16 Å². The van der Waals surface area contributed by atoms with Crippen molar-refractivity contribution in [2.75, 3.05) is 7.11 Å². The molecule has 0 aliphatic heterocycles. The standard InChI is InChI=1S/C9H13N3O3S/c1-5(7(13)15-2)16-9-11-10-8(14)12(9)6-3-4-6/h5-6H,3-4H2,1-2H3,(H,10,14)/t5-/m0/s1. The van der Waals surface area contributed by atoms with E-state index in [0.717, 1.165) is 12.8 Å². The lowest BCUT2D eigenvalue weighted by molar-refractivity contribution is -0.139. The Labute approximate surface area is 96.4 Å². The predicted molar refractivity (Wildman–Crippen MR) is 58.5 cm³/mol. The van der Waals surface area contributed by atoms with Gasteiger partial charge in [-0.3, -0.25) is 9.36 Å². The molecule has 1 fully saturated rings. The Morgan fingerprint density at radius 1 is 1.69 bits per heavy atom. The van der Waals surface area contributed by atoms with Crippen LogP contribution < -0.4 is 5.69 Å². The van der Waals surface area contributed by atoms with Gasteiger partial charge in [-0.1, -0.05) is 11.8 Å². The Kier molecular flexibility index (Phi) is 3.04. The molecule has 1 N–H and O–H groups in total. The average Bonchev–Trinajstić information content (AvgIpc) is 3.04. The molecule has 1 saturated carbocycles. The summed E-state index contributed by atoms with van der Waals surface area (Å²) in [6.07, 6.45) is 2.00. The normalized spacial score (nSPS) is 17.1. The van der Waals surface area contributed by atoms with E-state index in [-0.39, 0.29) is 23.0 Å². The first kappa shape index (κ1) is 11.3. The Morgan fingerprint density at radius 3 is 2.94 bits per heavy atom. The molecule has 0 saturated heterocycles. The van der Waals surface area contributed by atoms with Crippen LogP contribution in [0.25, 0.3) is 0 Å². The smallest absolute Gasteiger partial charge is 0.344 e. The summed E-state index contributed by atoms with van der Waals surface area (Å²) in [5, 5.41) is 6.52. The third kappa shape index (κ3) is 2.13. The zero-order chi connectivity index (χ0) is 11.7. The third-order valence-electron chi connectivity index (χ3n) is 2.40. The van der Waals surface area contributed by atoms with E-state index in [1.54, 1.807) is 11.5 Å². The zero-order valence-corrected chi connectivity index (χ0v) is 9.91. The van der Waals surface area contributed by atoms with Gasteiger partial charge in [-0.2, -0.15) is 0 Å². The number of H-pyrrole nitrogens is 1. The van der Waals surface area contributed by atoms with Crippen LogP contribution in [0.2, 0.25) is 0 Å². The van der Waals surface area contributed by atoms with Crippen LogP contribution in [-0.4, -0.2) is 33.1 Å². The van der Waals surface area contributed by atoms with Gasteiger partial charge in [-0.25, -0.2) is 9.89 Å². The van der Waals surface area contributed by atoms with Crippen LogP contribution >= 0.6 is 11.8 Å². The quantitative estimate of drug-likeness (QED) is 0.617. The van der Waals surface area contributed by atoms with Crippen molar-refractivity contribution in [2.24, 2.45) is 0 Å². The minimum atomic E-state index is -0.363. The van der Waals surface area contributed by atoms with Gasteiger partial charge in [0.05, 0.1) is 7.11 Å². The second kappa shape index (κ2) is 4.32. The van der Waals surface area contributed by atoms with E-state index < -0.39 is 0 Å². The molecule has 88 valence electrons. The maximum absolute atomic E-state index is 11.5. The van der Waals surface area contributed by atoms with Crippen molar-refractivity contribution in [1.82, 2.24) is 14.8 Å². The summed E-state index contributed by atoms with van der Waals surface area (Å²) in [5.74, 6) is -0.317. The Balaban J connectivity index is 2.15. The Hall–Kier alpha value is -1.24. The molecule has 2 rings (SSSR count). The van der Waals surface area contributed by atoms with Gasteiger partial charge in [0.25, 0.3) is 0 Å². The first-order chi connectivity index (χ1) is 7.63. The number of carbonyl (C=O) groups excluding carboxylic acids is 1. The summed E-state index contributed by atoms with van der Waals surface area (Å²) in [7, 11) is 1.35. The molecule has 1 aromatic heterocycles. The highest BCUT2D eigenvalue weighted by molar-refractivity contribution is 8.00. The van der Waals surface area contributed by atoms with Crippen molar-refractivity contribution >= 4 is 17.7 Å². The average molecular weight is 243 g/mol. The van der Waals surface area contributed by atoms with Gasteiger partial charge >= 0.3 is 11.7 Å². The van der Waals surface area contributed by atoms with Crippen molar-refractivity contribution in [1.29, 1.82) is 0 Å². The first-order valence-electron chi connectivity index (χ1n) is 5.05. The molecule has 0 spiro atoms. The zero-order valence-electron chi connectivity index (χ0n) is 9.10. The third-order valence-corrected chi connectivity index (χ3v) is 3.44. The SMILES string of the molecule is COC(=O)[C@H](C)Sc1n[nH]c(=O)n1C1CC1. The molecule has 7 heteroatoms. The molecule has 1 aliphatic rings. The van der Waals surface area contributed by atoms with Crippen molar-refractivity contribution in [3.63, 3.8) is 0 Å². The molecule has 0 radical (unpaired) electrons. The molecule has 1 atom stereocenters. The monoisotopic (exact) mass is 243 g/mol. The number of aromatic amines is 1. The number of thioether (sulfide) groups is 1. The lowest BCUT2D eigenvalue weighted by Gasteiger charge is -2.08. The summed E-state index contributed by atoms with van der Waals surface area (Å²) in [6.45, 7) is 1.73. The highest BCUT2D eigenvalue weighted by atomic mass is 32.2. The van der Waals surface area contributed by atoms with Gasteiger partial charge in [0.1, 0.15) is 5.25 Å². The summed E-state index contributed by atoms with van der Waals surface area (Å²) >= 11 is 1.24. The van der Waals surface area contributed by atoms with Crippen molar-refractivity contribution < 1.29 is 9.53 Å². The molecule has 6 nitrogen and oxygen atoms in total. The number of esters is 1. The van der Waals surface area contributed by atoms with Crippen molar-refractivity contribution in [3.05, 3.63) is 10.5 Å². The van der Waals surface area contributed by atoms with Crippen LogP contribution in [0.1, 0.15) is 25.8 Å². The minimum absolute atomic E-state index is 0.206. The Morgan fingerprint density at radius 2 is 2.38 bits per heavy atom. The Bertz CT molecular complexity index is 449. The second-order valence-corrected chi connectivity index (χ2v) is 5.00. The topological polar surface area (TPSA) is 77.0 Å². The molecule has 0 amide bonds. The fourth-order valence-corrected chi connectivity index (χ4v) is 2.35. The fraction of sp³-hybridized carbons (Fsp3) is 0.667. The maximum Gasteiger partial charge on any atom is 0.344 e. The van der Waals surface area contributed by atoms with E-state index in [2.05, 4.69) is 14.9 Å². The van der Waals surface area contributed by atoms with Gasteiger partial charge in [-0.05, 0) is 19.8 Å². The highest BCUT2D eigenvalue weighted by Crippen LogP contribution is 2.36. The molecule has 1 heterocycles. The van der Waals surface area contributed by atoms with E-state index in [9.17, 15) is 9.59 Å². The van der Waals surface area contributed by atoms with Crippen molar-refractivity contribution in [3.8, 4) is 0 Å². The lowest BCUT2D eigenvalue weighted by atomic mass is 10.5. The number of hydrogen-bond acceptors (Lipinski definition) is 5. The van der Waals surface area contributed by atoms with E-state index in [1.807, 2.05) is 0 Å². The van der Waals surface area contributed by atoms with E-state index in [0.29, 0.717) is 5.16 Å². The van der Waals surface area contributed by atoms with Crippen LogP contribution in [0.15, 0.2) is 9.95 Å². The summed E-state index contributed by atoms with van der Waals surface area (Å²) < 4.78 is 6.24. The molecule has 0 unspecified atom stereocenters. The van der Waals surface area contributed by atoms with Gasteiger partial charge in [0.2, 0.25) is 0 Å². The predicted octanol–water partition coefficient (Wildman–Crippen LogP) is 0.560. The molecular weight excluding hydrogens is 230 g/mol. The van der Waals surface area contributed by atoms with Crippen LogP contribution in [-0.2, 0) is 9.53 Å². The minimum Gasteiger partial charge on any atom is -0.468 e. The van der Waals surface area contributed by atoms with Crippen LogP contribution in [0.3, 0.4) is 0 Å². The first-order valence-corrected chi connectivity index (χ1v) is 5.93. The number of hydrogen-bond donors (Lipinski definition) is 1. The van der Waals surface area contributed by atoms with Gasteiger partial charge in [0, 0.05) is 6.04 Å². The van der Waals surface area contributed by atoms with Crippen LogP contribution in [0.4, 0.5) is 0 Å². The number of methoxy groups -OCH3 is 1. The number of ether oxygens (including phenoxy) is 1. The number of nitrogens with one attached hydrogen (secondary N) is 1. The molecule has 1 aliphatic carbocycles. The van der Waals surface area contributed by atoms with E-state index >= 15 is 0 Å². The van der Waals surface area contributed by atoms with Gasteiger partial charge in [-0.15, -0.1) is 5.10 Å². The highest BCUT2D eigenvalue weighted by Gasteiger charge is 2.30. The molecule has 0 aromatic carbocycles. The molecular formula is C9H13N3O3S. The number of aromatic nitrogens is 3. The lowest BCUT2D eigenvalue weighted by Crippen LogP contribution is -2.19. The molecule has 0 bridgehead atoms.